The minimum atomic E-state index is -4.65. The van der Waals surface area contributed by atoms with Crippen LogP contribution in [0.25, 0.3) is 10.9 Å². The highest BCUT2D eigenvalue weighted by Crippen LogP contribution is 2.30. The molecule has 6 N–H and O–H groups in total. The number of benzene rings is 1. The molecule has 1 aromatic heterocycles. The Kier molecular flexibility index (Phi) is 6.20. The number of fused-ring (bicyclic) bond motifs is 1. The highest BCUT2D eigenvalue weighted by atomic mass is 31.2. The standard InChI is InChI=1S/C16H22N3O6P/c1-9(2)14(19-26(23,24)25)15(20)18-13(16(21)22)7-10-8-17-12-6-4-3-5-11(10)12/h3-6,8-9,13-14,17H,7H2,1-2H3,(H,18,20)(H,21,22)(H3,19,23,24,25)/t13-,14-/m0/s1. The number of amides is 1. The van der Waals surface area contributed by atoms with Crippen molar-refractivity contribution in [3.63, 3.8) is 0 Å². The Bertz CT molecular complexity index is 843. The lowest BCUT2D eigenvalue weighted by atomic mass is 10.0. The number of H-pyrrole nitrogens is 1. The van der Waals surface area contributed by atoms with Gasteiger partial charge in [-0.1, -0.05) is 32.0 Å². The number of rotatable bonds is 8. The van der Waals surface area contributed by atoms with E-state index in [9.17, 15) is 19.3 Å². The van der Waals surface area contributed by atoms with E-state index in [0.717, 1.165) is 16.5 Å². The third-order valence-corrected chi connectivity index (χ3v) is 4.58. The second kappa shape index (κ2) is 8.01. The van der Waals surface area contributed by atoms with Crippen LogP contribution in [0, 0.1) is 5.92 Å². The minimum absolute atomic E-state index is 0.0335. The number of carbonyl (C=O) groups is 2. The van der Waals surface area contributed by atoms with Crippen LogP contribution in [0.3, 0.4) is 0 Å². The quantitative estimate of drug-likeness (QED) is 0.372. The van der Waals surface area contributed by atoms with Gasteiger partial charge >= 0.3 is 13.7 Å². The van der Waals surface area contributed by atoms with E-state index in [1.54, 1.807) is 20.0 Å². The van der Waals surface area contributed by atoms with E-state index in [1.165, 1.54) is 0 Å². The van der Waals surface area contributed by atoms with Gasteiger partial charge in [0, 0.05) is 23.5 Å². The molecule has 0 unspecified atom stereocenters. The lowest BCUT2D eigenvalue weighted by Crippen LogP contribution is -2.52. The summed E-state index contributed by atoms with van der Waals surface area (Å²) in [5.74, 6) is -2.47. The molecule has 1 amide bonds. The highest BCUT2D eigenvalue weighted by Gasteiger charge is 2.32. The largest absolute Gasteiger partial charge is 0.480 e. The molecule has 26 heavy (non-hydrogen) atoms. The molecule has 0 saturated heterocycles. The van der Waals surface area contributed by atoms with Crippen molar-refractivity contribution in [1.82, 2.24) is 15.4 Å². The van der Waals surface area contributed by atoms with E-state index in [2.05, 4.69) is 10.3 Å². The lowest BCUT2D eigenvalue weighted by Gasteiger charge is -2.24. The van der Waals surface area contributed by atoms with Gasteiger partial charge in [0.15, 0.2) is 0 Å². The van der Waals surface area contributed by atoms with Gasteiger partial charge in [0.2, 0.25) is 5.91 Å². The van der Waals surface area contributed by atoms with E-state index < -0.39 is 37.6 Å². The first kappa shape index (κ1) is 20.1. The summed E-state index contributed by atoms with van der Waals surface area (Å²) in [6.45, 7) is 3.20. The molecule has 2 atom stereocenters. The molecule has 0 aliphatic heterocycles. The summed E-state index contributed by atoms with van der Waals surface area (Å²) in [6.07, 6.45) is 1.71. The number of aromatic nitrogens is 1. The highest BCUT2D eigenvalue weighted by molar-refractivity contribution is 7.49. The molecular formula is C16H22N3O6P. The van der Waals surface area contributed by atoms with E-state index in [1.807, 2.05) is 29.4 Å². The Labute approximate surface area is 150 Å². The van der Waals surface area contributed by atoms with Crippen LogP contribution in [0.2, 0.25) is 0 Å². The van der Waals surface area contributed by atoms with Crippen LogP contribution in [0.5, 0.6) is 0 Å². The van der Waals surface area contributed by atoms with Crippen LogP contribution < -0.4 is 10.4 Å². The van der Waals surface area contributed by atoms with Crippen molar-refractivity contribution in [2.75, 3.05) is 0 Å². The fraction of sp³-hybridized carbons (Fsp3) is 0.375. The van der Waals surface area contributed by atoms with Crippen molar-refractivity contribution in [2.45, 2.75) is 32.4 Å². The maximum atomic E-state index is 12.4. The number of para-hydroxylation sites is 1. The molecule has 0 aliphatic rings. The third kappa shape index (κ3) is 5.15. The van der Waals surface area contributed by atoms with Gasteiger partial charge in [-0.2, -0.15) is 0 Å². The summed E-state index contributed by atoms with van der Waals surface area (Å²) in [5, 5.41) is 14.6. The summed E-state index contributed by atoms with van der Waals surface area (Å²) in [7, 11) is -4.65. The number of hydrogen-bond donors (Lipinski definition) is 6. The topological polar surface area (TPSA) is 152 Å². The molecular weight excluding hydrogens is 361 g/mol. The molecule has 9 nitrogen and oxygen atoms in total. The van der Waals surface area contributed by atoms with Crippen LogP contribution in [-0.4, -0.2) is 43.8 Å². The zero-order valence-electron chi connectivity index (χ0n) is 14.3. The summed E-state index contributed by atoms with van der Waals surface area (Å²) in [6, 6.07) is 4.91. The fourth-order valence-electron chi connectivity index (χ4n) is 2.67. The molecule has 2 rings (SSSR count). The Balaban J connectivity index is 2.18. The smallest absolute Gasteiger partial charge is 0.401 e. The first-order chi connectivity index (χ1) is 12.1. The Morgan fingerprint density at radius 1 is 1.23 bits per heavy atom. The normalized spacial score (nSPS) is 14.3. The molecule has 0 bridgehead atoms. The first-order valence-corrected chi connectivity index (χ1v) is 9.61. The summed E-state index contributed by atoms with van der Waals surface area (Å²) in [4.78, 5) is 45.1. The molecule has 0 saturated carbocycles. The molecule has 2 aromatic rings. The Hall–Kier alpha value is -2.19. The zero-order valence-corrected chi connectivity index (χ0v) is 15.2. The van der Waals surface area contributed by atoms with Gasteiger partial charge < -0.3 is 25.2 Å². The first-order valence-electron chi connectivity index (χ1n) is 8.00. The zero-order chi connectivity index (χ0) is 19.5. The minimum Gasteiger partial charge on any atom is -0.480 e. The van der Waals surface area contributed by atoms with Crippen LogP contribution >= 0.6 is 7.75 Å². The molecule has 142 valence electrons. The summed E-state index contributed by atoms with van der Waals surface area (Å²) < 4.78 is 11.2. The maximum Gasteiger partial charge on any atom is 0.401 e. The second-order valence-corrected chi connectivity index (χ2v) is 7.70. The van der Waals surface area contributed by atoms with Crippen LogP contribution in [-0.2, 0) is 20.6 Å². The molecule has 0 aliphatic carbocycles. The van der Waals surface area contributed by atoms with Gasteiger partial charge in [0.25, 0.3) is 0 Å². The number of carboxylic acids is 1. The number of hydrogen-bond acceptors (Lipinski definition) is 3. The van der Waals surface area contributed by atoms with Gasteiger partial charge in [-0.25, -0.2) is 14.4 Å². The van der Waals surface area contributed by atoms with Crippen molar-refractivity contribution in [3.05, 3.63) is 36.0 Å². The fourth-order valence-corrected chi connectivity index (χ4v) is 3.45. The second-order valence-electron chi connectivity index (χ2n) is 6.36. The number of aromatic amines is 1. The van der Waals surface area contributed by atoms with Gasteiger partial charge in [0.1, 0.15) is 6.04 Å². The number of carbonyl (C=O) groups excluding carboxylic acids is 1. The van der Waals surface area contributed by atoms with E-state index in [4.69, 9.17) is 9.79 Å². The van der Waals surface area contributed by atoms with Gasteiger partial charge in [-0.15, -0.1) is 0 Å². The number of carboxylic acid groups (broad SMARTS) is 1. The van der Waals surface area contributed by atoms with Crippen LogP contribution in [0.4, 0.5) is 0 Å². The Morgan fingerprint density at radius 3 is 2.46 bits per heavy atom. The average molecular weight is 383 g/mol. The maximum absolute atomic E-state index is 12.4. The van der Waals surface area contributed by atoms with E-state index >= 15 is 0 Å². The van der Waals surface area contributed by atoms with Crippen molar-refractivity contribution in [1.29, 1.82) is 0 Å². The molecule has 0 fully saturated rings. The average Bonchev–Trinajstić information content (AvgIpc) is 2.94. The van der Waals surface area contributed by atoms with Crippen LogP contribution in [0.15, 0.2) is 30.5 Å². The van der Waals surface area contributed by atoms with Gasteiger partial charge in [-0.05, 0) is 17.5 Å². The van der Waals surface area contributed by atoms with Gasteiger partial charge in [0.05, 0.1) is 6.04 Å². The predicted octanol–water partition coefficient (Wildman–Crippen LogP) is 0.987. The van der Waals surface area contributed by atoms with Gasteiger partial charge in [-0.3, -0.25) is 4.79 Å². The lowest BCUT2D eigenvalue weighted by molar-refractivity contribution is -0.142. The summed E-state index contributed by atoms with van der Waals surface area (Å²) >= 11 is 0. The van der Waals surface area contributed by atoms with Crippen molar-refractivity contribution < 1.29 is 29.0 Å². The predicted molar refractivity (Wildman–Crippen MR) is 95.4 cm³/mol. The molecule has 1 aromatic carbocycles. The molecule has 1 heterocycles. The SMILES string of the molecule is CC(C)[C@H](NP(=O)(O)O)C(=O)N[C@@H](Cc1c[nH]c2ccccc12)C(=O)O. The summed E-state index contributed by atoms with van der Waals surface area (Å²) in [5.41, 5.74) is 1.57. The monoisotopic (exact) mass is 383 g/mol. The van der Waals surface area contributed by atoms with Crippen molar-refractivity contribution >= 4 is 30.5 Å². The van der Waals surface area contributed by atoms with Crippen molar-refractivity contribution in [2.24, 2.45) is 5.92 Å². The van der Waals surface area contributed by atoms with E-state index in [-0.39, 0.29) is 6.42 Å². The van der Waals surface area contributed by atoms with E-state index in [0.29, 0.717) is 0 Å². The van der Waals surface area contributed by atoms with Crippen LogP contribution in [0.1, 0.15) is 19.4 Å². The molecule has 0 spiro atoms. The van der Waals surface area contributed by atoms with Crippen molar-refractivity contribution in [3.8, 4) is 0 Å². The number of aliphatic carboxylic acids is 1. The molecule has 0 radical (unpaired) electrons. The Morgan fingerprint density at radius 2 is 1.88 bits per heavy atom. The third-order valence-electron chi connectivity index (χ3n) is 3.97. The number of nitrogens with one attached hydrogen (secondary N) is 3. The molecule has 10 heteroatoms.